The summed E-state index contributed by atoms with van der Waals surface area (Å²) < 4.78 is 0. The van der Waals surface area contributed by atoms with Crippen molar-refractivity contribution >= 4 is 30.0 Å². The van der Waals surface area contributed by atoms with Gasteiger partial charge < -0.3 is 10.2 Å². The Morgan fingerprint density at radius 1 is 1.17 bits per heavy atom. The van der Waals surface area contributed by atoms with Gasteiger partial charge in [-0.25, -0.2) is 4.98 Å². The first-order chi connectivity index (χ1) is 17.4. The Morgan fingerprint density at radius 2 is 2.00 bits per heavy atom. The van der Waals surface area contributed by atoms with E-state index in [0.29, 0.717) is 24.8 Å². The van der Waals surface area contributed by atoms with Crippen LogP contribution in [0.4, 0.5) is 11.5 Å². The summed E-state index contributed by atoms with van der Waals surface area (Å²) >= 11 is 0. The Morgan fingerprint density at radius 3 is 2.75 bits per heavy atom. The van der Waals surface area contributed by atoms with E-state index in [2.05, 4.69) is 32.2 Å². The molecule has 2 fully saturated rings. The number of aliphatic imine (C=N–C) groups is 1. The summed E-state index contributed by atoms with van der Waals surface area (Å²) in [5.41, 5.74) is 4.72. The minimum atomic E-state index is -0.434. The van der Waals surface area contributed by atoms with Crippen LogP contribution < -0.4 is 10.2 Å². The number of aromatic nitrogens is 3. The van der Waals surface area contributed by atoms with E-state index in [9.17, 15) is 9.59 Å². The maximum atomic E-state index is 13.5. The van der Waals surface area contributed by atoms with Gasteiger partial charge in [0.25, 0.3) is 0 Å². The van der Waals surface area contributed by atoms with Gasteiger partial charge in [0.15, 0.2) is 0 Å². The molecule has 1 saturated carbocycles. The highest BCUT2D eigenvalue weighted by Gasteiger charge is 2.55. The number of aryl methyl sites for hydroxylation is 2. The van der Waals surface area contributed by atoms with Crippen molar-refractivity contribution in [3.63, 3.8) is 0 Å². The Kier molecular flexibility index (Phi) is 6.35. The number of carbonyl (C=O) groups is 2. The van der Waals surface area contributed by atoms with Crippen LogP contribution in [0.15, 0.2) is 53.7 Å². The van der Waals surface area contributed by atoms with Gasteiger partial charge in [0.05, 0.1) is 30.3 Å². The molecule has 184 valence electrons. The first kappa shape index (κ1) is 23.8. The van der Waals surface area contributed by atoms with Crippen molar-refractivity contribution in [3.8, 4) is 11.1 Å². The van der Waals surface area contributed by atoms with Crippen LogP contribution in [0, 0.1) is 25.2 Å². The molecule has 3 heterocycles. The van der Waals surface area contributed by atoms with E-state index in [4.69, 9.17) is 0 Å². The molecule has 0 spiro atoms. The second-order valence-corrected chi connectivity index (χ2v) is 9.88. The highest BCUT2D eigenvalue weighted by Crippen LogP contribution is 2.52. The maximum Gasteiger partial charge on any atom is 0.235 e. The SMILES string of the molecule is C=NC[C@@]1(C2CC2)CCN(c2cc(C)nc(NC(=O)Cc3cccc(-c4cnnc(C)c4)c3)c2)C1=O. The normalized spacial score (nSPS) is 19.4. The topological polar surface area (TPSA) is 100 Å². The van der Waals surface area contributed by atoms with Gasteiger partial charge in [0.1, 0.15) is 5.82 Å². The lowest BCUT2D eigenvalue weighted by Crippen LogP contribution is -2.38. The lowest BCUT2D eigenvalue weighted by molar-refractivity contribution is -0.126. The molecular formula is C28H30N6O2. The highest BCUT2D eigenvalue weighted by molar-refractivity contribution is 6.01. The molecule has 0 radical (unpaired) electrons. The number of benzene rings is 1. The van der Waals surface area contributed by atoms with Crippen molar-refractivity contribution in [1.82, 2.24) is 15.2 Å². The Hall–Kier alpha value is -3.94. The van der Waals surface area contributed by atoms with Crippen molar-refractivity contribution in [2.24, 2.45) is 16.3 Å². The number of pyridine rings is 1. The summed E-state index contributed by atoms with van der Waals surface area (Å²) in [7, 11) is 0. The second kappa shape index (κ2) is 9.60. The summed E-state index contributed by atoms with van der Waals surface area (Å²) in [5, 5.41) is 10.9. The van der Waals surface area contributed by atoms with Gasteiger partial charge in [-0.2, -0.15) is 10.2 Å². The van der Waals surface area contributed by atoms with E-state index in [-0.39, 0.29) is 18.2 Å². The number of carbonyl (C=O) groups excluding carboxylic acids is 2. The molecule has 1 atom stereocenters. The van der Waals surface area contributed by atoms with Crippen LogP contribution in [0.5, 0.6) is 0 Å². The molecule has 5 rings (SSSR count). The molecule has 0 bridgehead atoms. The van der Waals surface area contributed by atoms with Crippen LogP contribution >= 0.6 is 0 Å². The molecule has 2 aliphatic rings. The summed E-state index contributed by atoms with van der Waals surface area (Å²) in [6.45, 7) is 8.52. The molecule has 2 aromatic heterocycles. The summed E-state index contributed by atoms with van der Waals surface area (Å²) in [6.07, 6.45) is 4.84. The second-order valence-electron chi connectivity index (χ2n) is 9.88. The van der Waals surface area contributed by atoms with Crippen LogP contribution in [0.1, 0.15) is 36.2 Å². The van der Waals surface area contributed by atoms with Crippen molar-refractivity contribution < 1.29 is 9.59 Å². The van der Waals surface area contributed by atoms with Gasteiger partial charge in [0, 0.05) is 29.6 Å². The molecule has 8 nitrogen and oxygen atoms in total. The van der Waals surface area contributed by atoms with Gasteiger partial charge in [-0.15, -0.1) is 0 Å². The van der Waals surface area contributed by atoms with E-state index < -0.39 is 5.41 Å². The predicted molar refractivity (Wildman–Crippen MR) is 140 cm³/mol. The Balaban J connectivity index is 1.31. The standard InChI is InChI=1S/C28H30N6O2/c1-18-12-24(34-10-9-28(17-29-3,27(34)36)23-7-8-23)15-25(31-18)32-26(35)14-20-5-4-6-21(13-20)22-11-19(2)33-30-16-22/h4-6,11-13,15-16,23H,3,7-10,14,17H2,1-2H3,(H,31,32,35)/t28-/m1/s1. The fourth-order valence-electron chi connectivity index (χ4n) is 5.26. The van der Waals surface area contributed by atoms with E-state index in [0.717, 1.165) is 53.0 Å². The number of anilines is 2. The van der Waals surface area contributed by atoms with Crippen LogP contribution in [0.3, 0.4) is 0 Å². The Bertz CT molecular complexity index is 1340. The van der Waals surface area contributed by atoms with E-state index in [1.165, 1.54) is 0 Å². The van der Waals surface area contributed by atoms with Gasteiger partial charge in [-0.1, -0.05) is 24.3 Å². The quantitative estimate of drug-likeness (QED) is 0.486. The summed E-state index contributed by atoms with van der Waals surface area (Å²) in [5.74, 6) is 0.776. The van der Waals surface area contributed by atoms with Crippen molar-refractivity contribution in [3.05, 3.63) is 65.6 Å². The fourth-order valence-corrected chi connectivity index (χ4v) is 5.26. The number of amides is 2. The molecular weight excluding hydrogens is 452 g/mol. The number of hydrogen-bond acceptors (Lipinski definition) is 6. The van der Waals surface area contributed by atoms with E-state index in [1.54, 1.807) is 12.3 Å². The first-order valence-electron chi connectivity index (χ1n) is 12.3. The van der Waals surface area contributed by atoms with Crippen molar-refractivity contribution in [2.75, 3.05) is 23.3 Å². The van der Waals surface area contributed by atoms with Gasteiger partial charge in [-0.3, -0.25) is 14.6 Å². The number of hydrogen-bond donors (Lipinski definition) is 1. The third-order valence-electron chi connectivity index (χ3n) is 7.12. The zero-order valence-corrected chi connectivity index (χ0v) is 20.7. The molecule has 2 amide bonds. The Labute approximate surface area is 210 Å². The van der Waals surface area contributed by atoms with Crippen LogP contribution in [0.25, 0.3) is 11.1 Å². The molecule has 1 aliphatic carbocycles. The zero-order valence-electron chi connectivity index (χ0n) is 20.7. The van der Waals surface area contributed by atoms with Gasteiger partial charge in [0.2, 0.25) is 11.8 Å². The summed E-state index contributed by atoms with van der Waals surface area (Å²) in [4.78, 5) is 36.8. The monoisotopic (exact) mass is 482 g/mol. The van der Waals surface area contributed by atoms with Crippen LogP contribution in [-0.2, 0) is 16.0 Å². The third kappa shape index (κ3) is 4.76. The average Bonchev–Trinajstić information content (AvgIpc) is 3.64. The molecule has 36 heavy (non-hydrogen) atoms. The van der Waals surface area contributed by atoms with Gasteiger partial charge >= 0.3 is 0 Å². The van der Waals surface area contributed by atoms with Crippen molar-refractivity contribution in [2.45, 2.75) is 39.5 Å². The van der Waals surface area contributed by atoms with Gasteiger partial charge in [-0.05, 0) is 69.0 Å². The average molecular weight is 483 g/mol. The lowest BCUT2D eigenvalue weighted by Gasteiger charge is -2.26. The van der Waals surface area contributed by atoms with Crippen LogP contribution in [0.2, 0.25) is 0 Å². The number of rotatable bonds is 8. The lowest BCUT2D eigenvalue weighted by atomic mass is 9.81. The first-order valence-corrected chi connectivity index (χ1v) is 12.3. The van der Waals surface area contributed by atoms with E-state index in [1.807, 2.05) is 55.1 Å². The molecule has 1 saturated heterocycles. The zero-order chi connectivity index (χ0) is 25.3. The minimum Gasteiger partial charge on any atom is -0.312 e. The number of nitrogens with one attached hydrogen (secondary N) is 1. The molecule has 0 unspecified atom stereocenters. The predicted octanol–water partition coefficient (Wildman–Crippen LogP) is 4.17. The fraction of sp³-hybridized carbons (Fsp3) is 0.357. The molecule has 1 aromatic carbocycles. The maximum absolute atomic E-state index is 13.5. The van der Waals surface area contributed by atoms with Crippen molar-refractivity contribution in [1.29, 1.82) is 0 Å². The smallest absolute Gasteiger partial charge is 0.235 e. The highest BCUT2D eigenvalue weighted by atomic mass is 16.2. The molecule has 8 heteroatoms. The molecule has 1 aliphatic heterocycles. The molecule has 3 aromatic rings. The largest absolute Gasteiger partial charge is 0.312 e. The minimum absolute atomic E-state index is 0.109. The van der Waals surface area contributed by atoms with Crippen LogP contribution in [-0.4, -0.2) is 46.8 Å². The number of nitrogens with zero attached hydrogens (tertiary/aromatic N) is 5. The van der Waals surface area contributed by atoms with E-state index >= 15 is 0 Å². The molecule has 1 N–H and O–H groups in total. The third-order valence-corrected chi connectivity index (χ3v) is 7.12. The summed E-state index contributed by atoms with van der Waals surface area (Å²) in [6, 6.07) is 13.5.